The molecule has 3 rings (SSSR count). The summed E-state index contributed by atoms with van der Waals surface area (Å²) >= 11 is 6.08. The van der Waals surface area contributed by atoms with Gasteiger partial charge in [0.05, 0.1) is 16.5 Å². The Bertz CT molecular complexity index is 878. The first-order valence-electron chi connectivity index (χ1n) is 8.14. The quantitative estimate of drug-likeness (QED) is 0.804. The van der Waals surface area contributed by atoms with Crippen LogP contribution in [0.4, 0.5) is 5.69 Å². The molecule has 2 fully saturated rings. The van der Waals surface area contributed by atoms with E-state index in [1.165, 1.54) is 18.2 Å². The molecule has 0 radical (unpaired) electrons. The van der Waals surface area contributed by atoms with Gasteiger partial charge in [0, 0.05) is 31.0 Å². The minimum atomic E-state index is -3.77. The second-order valence-electron chi connectivity index (χ2n) is 6.36. The standard InChI is InChI=1S/C16H18ClN3O5S/c17-12-2-1-11(9-13(12)20-14(21)5-8-26(20,24)25)16(23)19-6-3-10(4-7-19)15(18)22/h1-2,9-10H,3-8H2,(H2,18,22). The zero-order valence-electron chi connectivity index (χ0n) is 13.9. The van der Waals surface area contributed by atoms with E-state index in [0.29, 0.717) is 30.2 Å². The molecule has 0 spiro atoms. The molecular formula is C16H18ClN3O5S. The van der Waals surface area contributed by atoms with Gasteiger partial charge in [-0.1, -0.05) is 11.6 Å². The van der Waals surface area contributed by atoms with Crippen LogP contribution in [-0.2, 0) is 19.6 Å². The van der Waals surface area contributed by atoms with Gasteiger partial charge in [-0.15, -0.1) is 0 Å². The number of nitrogens with two attached hydrogens (primary N) is 1. The monoisotopic (exact) mass is 399 g/mol. The third-order valence-electron chi connectivity index (χ3n) is 4.67. The molecule has 0 aliphatic carbocycles. The van der Waals surface area contributed by atoms with Gasteiger partial charge in [-0.3, -0.25) is 14.4 Å². The zero-order chi connectivity index (χ0) is 19.1. The van der Waals surface area contributed by atoms with E-state index in [0.717, 1.165) is 0 Å². The van der Waals surface area contributed by atoms with Crippen LogP contribution in [0.15, 0.2) is 18.2 Å². The Hall–Kier alpha value is -2.13. The highest BCUT2D eigenvalue weighted by molar-refractivity contribution is 7.94. The molecule has 8 nitrogen and oxygen atoms in total. The summed E-state index contributed by atoms with van der Waals surface area (Å²) in [5, 5.41) is 0.0767. The lowest BCUT2D eigenvalue weighted by Gasteiger charge is -2.30. The number of carbonyl (C=O) groups excluding carboxylic acids is 3. The van der Waals surface area contributed by atoms with Crippen LogP contribution in [0.25, 0.3) is 0 Å². The van der Waals surface area contributed by atoms with E-state index in [-0.39, 0.29) is 46.2 Å². The maximum Gasteiger partial charge on any atom is 0.253 e. The molecule has 2 N–H and O–H groups in total. The van der Waals surface area contributed by atoms with E-state index in [1.807, 2.05) is 0 Å². The molecule has 3 amide bonds. The van der Waals surface area contributed by atoms with Crippen molar-refractivity contribution in [3.05, 3.63) is 28.8 Å². The number of likely N-dealkylation sites (tertiary alicyclic amines) is 1. The number of amides is 3. The number of anilines is 1. The molecule has 26 heavy (non-hydrogen) atoms. The summed E-state index contributed by atoms with van der Waals surface area (Å²) in [6, 6.07) is 4.22. The Morgan fingerprint density at radius 3 is 2.38 bits per heavy atom. The summed E-state index contributed by atoms with van der Waals surface area (Å²) in [7, 11) is -3.77. The van der Waals surface area contributed by atoms with Crippen molar-refractivity contribution in [3.63, 3.8) is 0 Å². The molecule has 140 valence electrons. The molecule has 0 aromatic heterocycles. The number of primary amides is 1. The third-order valence-corrected chi connectivity index (χ3v) is 6.67. The van der Waals surface area contributed by atoms with Crippen molar-refractivity contribution in [2.75, 3.05) is 23.1 Å². The number of hydrogen-bond donors (Lipinski definition) is 1. The smallest absolute Gasteiger partial charge is 0.253 e. The largest absolute Gasteiger partial charge is 0.369 e. The van der Waals surface area contributed by atoms with E-state index >= 15 is 0 Å². The molecule has 1 aromatic carbocycles. The predicted molar refractivity (Wildman–Crippen MR) is 95.2 cm³/mol. The van der Waals surface area contributed by atoms with Gasteiger partial charge >= 0.3 is 0 Å². The number of rotatable bonds is 3. The SMILES string of the molecule is NC(=O)C1CCN(C(=O)c2ccc(Cl)c(N3C(=O)CCS3(=O)=O)c2)CC1. The maximum atomic E-state index is 12.7. The topological polar surface area (TPSA) is 118 Å². The van der Waals surface area contributed by atoms with E-state index in [4.69, 9.17) is 17.3 Å². The van der Waals surface area contributed by atoms with Crippen LogP contribution in [-0.4, -0.2) is 49.9 Å². The molecule has 0 bridgehead atoms. The van der Waals surface area contributed by atoms with E-state index < -0.39 is 15.9 Å². The van der Waals surface area contributed by atoms with Crippen LogP contribution in [0.2, 0.25) is 5.02 Å². The summed E-state index contributed by atoms with van der Waals surface area (Å²) in [5.74, 6) is -1.77. The van der Waals surface area contributed by atoms with Crippen molar-refractivity contribution in [1.82, 2.24) is 4.90 Å². The predicted octanol–water partition coefficient (Wildman–Crippen LogP) is 0.744. The van der Waals surface area contributed by atoms with E-state index in [9.17, 15) is 22.8 Å². The Labute approximate surface area is 155 Å². The first kappa shape index (κ1) is 18.7. The second-order valence-corrected chi connectivity index (χ2v) is 8.70. The van der Waals surface area contributed by atoms with Gasteiger partial charge in [-0.25, -0.2) is 12.7 Å². The van der Waals surface area contributed by atoms with Crippen molar-refractivity contribution in [2.45, 2.75) is 19.3 Å². The lowest BCUT2D eigenvalue weighted by atomic mass is 9.96. The molecule has 2 aliphatic heterocycles. The van der Waals surface area contributed by atoms with Gasteiger partial charge in [0.15, 0.2) is 0 Å². The van der Waals surface area contributed by atoms with E-state index in [1.54, 1.807) is 4.90 Å². The number of piperidine rings is 1. The van der Waals surface area contributed by atoms with Crippen LogP contribution >= 0.6 is 11.6 Å². The van der Waals surface area contributed by atoms with Gasteiger partial charge in [0.2, 0.25) is 21.8 Å². The van der Waals surface area contributed by atoms with Crippen molar-refractivity contribution in [1.29, 1.82) is 0 Å². The minimum absolute atomic E-state index is 0.00737. The molecule has 10 heteroatoms. The fraction of sp³-hybridized carbons (Fsp3) is 0.438. The maximum absolute atomic E-state index is 12.7. The molecule has 2 heterocycles. The van der Waals surface area contributed by atoms with Crippen LogP contribution in [0.5, 0.6) is 0 Å². The normalized spacial score (nSPS) is 20.4. The molecule has 1 aromatic rings. The van der Waals surface area contributed by atoms with Gasteiger partial charge in [-0.2, -0.15) is 0 Å². The van der Waals surface area contributed by atoms with Gasteiger partial charge < -0.3 is 10.6 Å². The Morgan fingerprint density at radius 2 is 1.85 bits per heavy atom. The summed E-state index contributed by atoms with van der Waals surface area (Å²) in [5.41, 5.74) is 5.52. The lowest BCUT2D eigenvalue weighted by Crippen LogP contribution is -2.41. The molecular weight excluding hydrogens is 382 g/mol. The number of benzene rings is 1. The summed E-state index contributed by atoms with van der Waals surface area (Å²) < 4.78 is 24.9. The fourth-order valence-corrected chi connectivity index (χ4v) is 4.92. The Morgan fingerprint density at radius 1 is 1.19 bits per heavy atom. The van der Waals surface area contributed by atoms with Crippen molar-refractivity contribution >= 4 is 45.0 Å². The highest BCUT2D eigenvalue weighted by Gasteiger charge is 2.38. The Kier molecular flexibility index (Phi) is 4.94. The lowest BCUT2D eigenvalue weighted by molar-refractivity contribution is -0.123. The van der Waals surface area contributed by atoms with Crippen LogP contribution in [0, 0.1) is 5.92 Å². The molecule has 0 atom stereocenters. The molecule has 0 saturated carbocycles. The van der Waals surface area contributed by atoms with Crippen molar-refractivity contribution in [3.8, 4) is 0 Å². The van der Waals surface area contributed by atoms with Crippen molar-refractivity contribution in [2.24, 2.45) is 11.7 Å². The van der Waals surface area contributed by atoms with Crippen LogP contribution in [0.1, 0.15) is 29.6 Å². The number of nitrogens with zero attached hydrogens (tertiary/aromatic N) is 2. The minimum Gasteiger partial charge on any atom is -0.369 e. The van der Waals surface area contributed by atoms with E-state index in [2.05, 4.69) is 0 Å². The number of hydrogen-bond acceptors (Lipinski definition) is 5. The first-order valence-corrected chi connectivity index (χ1v) is 10.1. The Balaban J connectivity index is 1.85. The highest BCUT2D eigenvalue weighted by atomic mass is 35.5. The van der Waals surface area contributed by atoms with Crippen molar-refractivity contribution < 1.29 is 22.8 Å². The van der Waals surface area contributed by atoms with Crippen LogP contribution in [0.3, 0.4) is 0 Å². The van der Waals surface area contributed by atoms with Gasteiger partial charge in [-0.05, 0) is 31.0 Å². The zero-order valence-corrected chi connectivity index (χ0v) is 15.4. The number of carbonyl (C=O) groups is 3. The summed E-state index contributed by atoms with van der Waals surface area (Å²) in [6.45, 7) is 0.761. The molecule has 0 unspecified atom stereocenters. The second kappa shape index (κ2) is 6.88. The van der Waals surface area contributed by atoms with Crippen LogP contribution < -0.4 is 10.0 Å². The number of halogens is 1. The summed E-state index contributed by atoms with van der Waals surface area (Å²) in [6.07, 6.45) is 0.860. The average molecular weight is 400 g/mol. The fourth-order valence-electron chi connectivity index (χ4n) is 3.20. The molecule has 2 aliphatic rings. The highest BCUT2D eigenvalue weighted by Crippen LogP contribution is 2.33. The first-order chi connectivity index (χ1) is 12.2. The number of sulfonamides is 1. The summed E-state index contributed by atoms with van der Waals surface area (Å²) in [4.78, 5) is 37.5. The average Bonchev–Trinajstić information content (AvgIpc) is 2.88. The molecule has 2 saturated heterocycles. The third kappa shape index (κ3) is 3.41. The van der Waals surface area contributed by atoms with Gasteiger partial charge in [0.1, 0.15) is 0 Å². The van der Waals surface area contributed by atoms with Gasteiger partial charge in [0.25, 0.3) is 5.91 Å².